The quantitative estimate of drug-likeness (QED) is 0.695. The van der Waals surface area contributed by atoms with Crippen molar-refractivity contribution in [2.75, 3.05) is 0 Å². The number of nitrogens with zero attached hydrogens (tertiary/aromatic N) is 1. The molecule has 0 amide bonds. The zero-order valence-corrected chi connectivity index (χ0v) is 8.17. The number of pyridine rings is 1. The predicted molar refractivity (Wildman–Crippen MR) is 54.3 cm³/mol. The van der Waals surface area contributed by atoms with Gasteiger partial charge in [0.2, 0.25) is 0 Å². The Kier molecular flexibility index (Phi) is 2.46. The molecule has 0 fully saturated rings. The molecular formula is C12H9F2N. The summed E-state index contributed by atoms with van der Waals surface area (Å²) in [6.45, 7) is 1.75. The van der Waals surface area contributed by atoms with Gasteiger partial charge in [-0.05, 0) is 30.7 Å². The third-order valence-electron chi connectivity index (χ3n) is 2.14. The first-order valence-electron chi connectivity index (χ1n) is 4.55. The van der Waals surface area contributed by atoms with Crippen LogP contribution in [0.3, 0.4) is 0 Å². The first-order chi connectivity index (χ1) is 7.16. The minimum Gasteiger partial charge on any atom is -0.253 e. The van der Waals surface area contributed by atoms with E-state index < -0.39 is 0 Å². The van der Waals surface area contributed by atoms with Gasteiger partial charge in [-0.1, -0.05) is 12.1 Å². The smallest absolute Gasteiger partial charge is 0.141 e. The maximum absolute atomic E-state index is 13.0. The zero-order valence-electron chi connectivity index (χ0n) is 8.17. The normalized spacial score (nSPS) is 10.3. The third-order valence-corrected chi connectivity index (χ3v) is 2.14. The summed E-state index contributed by atoms with van der Waals surface area (Å²) in [7, 11) is 0. The Morgan fingerprint density at radius 1 is 1.07 bits per heavy atom. The number of halogens is 2. The molecule has 2 rings (SSSR count). The molecule has 3 heteroatoms. The molecule has 1 nitrogen and oxygen atoms in total. The Bertz CT molecular complexity index is 495. The molecule has 0 unspecified atom stereocenters. The van der Waals surface area contributed by atoms with E-state index >= 15 is 0 Å². The molecule has 0 aliphatic carbocycles. The minimum atomic E-state index is -0.382. The van der Waals surface area contributed by atoms with Gasteiger partial charge in [0.05, 0.1) is 11.9 Å². The molecule has 15 heavy (non-hydrogen) atoms. The second-order valence-corrected chi connectivity index (χ2v) is 3.33. The molecule has 1 heterocycles. The van der Waals surface area contributed by atoms with Crippen LogP contribution in [0.5, 0.6) is 0 Å². The van der Waals surface area contributed by atoms with Crippen LogP contribution in [-0.4, -0.2) is 4.98 Å². The van der Waals surface area contributed by atoms with E-state index in [0.717, 1.165) is 6.20 Å². The Hall–Kier alpha value is -1.77. The summed E-state index contributed by atoms with van der Waals surface area (Å²) in [6, 6.07) is 7.48. The van der Waals surface area contributed by atoms with E-state index in [0.29, 0.717) is 16.8 Å². The van der Waals surface area contributed by atoms with Crippen LogP contribution < -0.4 is 0 Å². The van der Waals surface area contributed by atoms with Crippen molar-refractivity contribution in [3.05, 3.63) is 53.7 Å². The molecule has 0 bridgehead atoms. The van der Waals surface area contributed by atoms with Crippen molar-refractivity contribution in [2.45, 2.75) is 6.92 Å². The first kappa shape index (κ1) is 9.77. The van der Waals surface area contributed by atoms with Gasteiger partial charge in [-0.15, -0.1) is 0 Å². The van der Waals surface area contributed by atoms with Crippen molar-refractivity contribution in [1.29, 1.82) is 0 Å². The van der Waals surface area contributed by atoms with Crippen LogP contribution in [0.1, 0.15) is 5.56 Å². The summed E-state index contributed by atoms with van der Waals surface area (Å²) in [4.78, 5) is 3.95. The van der Waals surface area contributed by atoms with Crippen LogP contribution in [0, 0.1) is 18.6 Å². The molecule has 76 valence electrons. The highest BCUT2D eigenvalue weighted by atomic mass is 19.1. The minimum absolute atomic E-state index is 0.321. The molecule has 1 aromatic heterocycles. The van der Waals surface area contributed by atoms with Crippen molar-refractivity contribution in [2.24, 2.45) is 0 Å². The van der Waals surface area contributed by atoms with Gasteiger partial charge < -0.3 is 0 Å². The number of hydrogen-bond acceptors (Lipinski definition) is 1. The van der Waals surface area contributed by atoms with E-state index in [4.69, 9.17) is 0 Å². The van der Waals surface area contributed by atoms with Gasteiger partial charge in [-0.3, -0.25) is 4.98 Å². The largest absolute Gasteiger partial charge is 0.253 e. The van der Waals surface area contributed by atoms with Crippen LogP contribution in [-0.2, 0) is 0 Å². The lowest BCUT2D eigenvalue weighted by atomic mass is 10.1. The molecule has 1 aromatic carbocycles. The third kappa shape index (κ3) is 2.01. The van der Waals surface area contributed by atoms with Crippen molar-refractivity contribution < 1.29 is 8.78 Å². The summed E-state index contributed by atoms with van der Waals surface area (Å²) in [5.74, 6) is -0.703. The Morgan fingerprint density at radius 2 is 1.87 bits per heavy atom. The zero-order chi connectivity index (χ0) is 10.8. The maximum Gasteiger partial charge on any atom is 0.141 e. The van der Waals surface area contributed by atoms with Gasteiger partial charge in [-0.2, -0.15) is 0 Å². The molecule has 0 radical (unpaired) electrons. The SMILES string of the molecule is Cc1cc(F)cnc1-c1cccc(F)c1. The van der Waals surface area contributed by atoms with Crippen LogP contribution in [0.4, 0.5) is 8.78 Å². The Morgan fingerprint density at radius 3 is 2.53 bits per heavy atom. The second-order valence-electron chi connectivity index (χ2n) is 3.33. The monoisotopic (exact) mass is 205 g/mol. The van der Waals surface area contributed by atoms with Gasteiger partial charge >= 0.3 is 0 Å². The van der Waals surface area contributed by atoms with E-state index in [-0.39, 0.29) is 11.6 Å². The summed E-state index contributed by atoms with van der Waals surface area (Å²) in [5, 5.41) is 0. The molecular weight excluding hydrogens is 196 g/mol. The van der Waals surface area contributed by atoms with Gasteiger partial charge in [0, 0.05) is 5.56 Å². The molecule has 0 spiro atoms. The predicted octanol–water partition coefficient (Wildman–Crippen LogP) is 3.34. The van der Waals surface area contributed by atoms with E-state index in [2.05, 4.69) is 4.98 Å². The van der Waals surface area contributed by atoms with E-state index in [1.165, 1.54) is 18.2 Å². The molecule has 0 atom stereocenters. The standard InChI is InChI=1S/C12H9F2N/c1-8-5-11(14)7-15-12(8)9-3-2-4-10(13)6-9/h2-7H,1H3. The maximum atomic E-state index is 13.0. The molecule has 0 N–H and O–H groups in total. The topological polar surface area (TPSA) is 12.9 Å². The molecule has 0 saturated carbocycles. The Balaban J connectivity index is 2.54. The molecule has 0 aliphatic heterocycles. The number of hydrogen-bond donors (Lipinski definition) is 0. The summed E-state index contributed by atoms with van der Waals surface area (Å²) >= 11 is 0. The Labute approximate surface area is 86.4 Å². The fourth-order valence-corrected chi connectivity index (χ4v) is 1.48. The van der Waals surface area contributed by atoms with Crippen LogP contribution >= 0.6 is 0 Å². The van der Waals surface area contributed by atoms with E-state index in [1.54, 1.807) is 19.1 Å². The van der Waals surface area contributed by atoms with Gasteiger partial charge in [0.1, 0.15) is 11.6 Å². The van der Waals surface area contributed by atoms with E-state index in [9.17, 15) is 8.78 Å². The van der Waals surface area contributed by atoms with Gasteiger partial charge in [-0.25, -0.2) is 8.78 Å². The summed E-state index contributed by atoms with van der Waals surface area (Å²) < 4.78 is 25.8. The second kappa shape index (κ2) is 3.77. The first-order valence-corrected chi connectivity index (χ1v) is 4.55. The average Bonchev–Trinajstić information content (AvgIpc) is 2.17. The van der Waals surface area contributed by atoms with Gasteiger partial charge in [0.25, 0.3) is 0 Å². The van der Waals surface area contributed by atoms with Gasteiger partial charge in [0.15, 0.2) is 0 Å². The number of rotatable bonds is 1. The molecule has 2 aromatic rings. The van der Waals surface area contributed by atoms with Crippen molar-refractivity contribution in [1.82, 2.24) is 4.98 Å². The molecule has 0 aliphatic rings. The highest BCUT2D eigenvalue weighted by Crippen LogP contribution is 2.21. The number of aryl methyl sites for hydroxylation is 1. The van der Waals surface area contributed by atoms with Crippen molar-refractivity contribution in [3.63, 3.8) is 0 Å². The lowest BCUT2D eigenvalue weighted by Crippen LogP contribution is -1.90. The highest BCUT2D eigenvalue weighted by Gasteiger charge is 2.05. The van der Waals surface area contributed by atoms with Crippen LogP contribution in [0.2, 0.25) is 0 Å². The molecule has 0 saturated heterocycles. The number of benzene rings is 1. The fraction of sp³-hybridized carbons (Fsp3) is 0.0833. The van der Waals surface area contributed by atoms with Crippen LogP contribution in [0.15, 0.2) is 36.5 Å². The average molecular weight is 205 g/mol. The van der Waals surface area contributed by atoms with Crippen molar-refractivity contribution in [3.8, 4) is 11.3 Å². The fourth-order valence-electron chi connectivity index (χ4n) is 1.48. The van der Waals surface area contributed by atoms with E-state index in [1.807, 2.05) is 0 Å². The summed E-state index contributed by atoms with van der Waals surface area (Å²) in [5.41, 5.74) is 1.96. The highest BCUT2D eigenvalue weighted by molar-refractivity contribution is 5.62. The van der Waals surface area contributed by atoms with Crippen molar-refractivity contribution >= 4 is 0 Å². The lowest BCUT2D eigenvalue weighted by Gasteiger charge is -2.04. The number of aromatic nitrogens is 1. The van der Waals surface area contributed by atoms with Crippen LogP contribution in [0.25, 0.3) is 11.3 Å². The summed E-state index contributed by atoms with van der Waals surface area (Å²) in [6.07, 6.45) is 1.13. The lowest BCUT2D eigenvalue weighted by molar-refractivity contribution is 0.620.